The molecule has 0 aliphatic rings. The number of benzene rings is 2. The molecule has 0 saturated heterocycles. The highest BCUT2D eigenvalue weighted by Gasteiger charge is 2.06. The zero-order chi connectivity index (χ0) is 16.5. The molecule has 0 heterocycles. The Morgan fingerprint density at radius 3 is 2.48 bits per heavy atom. The largest absolute Gasteiger partial charge is 0.469 e. The third-order valence-corrected chi connectivity index (χ3v) is 3.23. The van der Waals surface area contributed by atoms with Crippen LogP contribution in [0.2, 0.25) is 0 Å². The van der Waals surface area contributed by atoms with Gasteiger partial charge in [0.25, 0.3) is 0 Å². The monoisotopic (exact) mass is 313 g/mol. The third-order valence-electron chi connectivity index (χ3n) is 3.23. The van der Waals surface area contributed by atoms with Crippen LogP contribution in [0, 0.1) is 0 Å². The zero-order valence-corrected chi connectivity index (χ0v) is 13.0. The molecule has 0 unspecified atom stereocenters. The fourth-order valence-corrected chi connectivity index (χ4v) is 2.03. The number of amides is 1. The summed E-state index contributed by atoms with van der Waals surface area (Å²) in [5, 5.41) is 2.68. The molecule has 120 valence electrons. The van der Waals surface area contributed by atoms with Crippen LogP contribution < -0.4 is 5.32 Å². The van der Waals surface area contributed by atoms with E-state index in [0.29, 0.717) is 18.5 Å². The van der Waals surface area contributed by atoms with Crippen LogP contribution in [0.4, 0.5) is 10.5 Å². The molecule has 0 aliphatic heterocycles. The Kier molecular flexibility index (Phi) is 6.17. The van der Waals surface area contributed by atoms with Gasteiger partial charge in [-0.2, -0.15) is 0 Å². The SMILES string of the molecule is COC(=O)CCc1cccc(NC(=O)OCc2ccccc2)c1. The number of ether oxygens (including phenoxy) is 2. The number of methoxy groups -OCH3 is 1. The summed E-state index contributed by atoms with van der Waals surface area (Å²) >= 11 is 0. The van der Waals surface area contributed by atoms with Gasteiger partial charge in [-0.25, -0.2) is 4.79 Å². The highest BCUT2D eigenvalue weighted by molar-refractivity contribution is 5.84. The Labute approximate surface area is 135 Å². The molecule has 0 atom stereocenters. The van der Waals surface area contributed by atoms with Gasteiger partial charge in [-0.05, 0) is 29.7 Å². The lowest BCUT2D eigenvalue weighted by atomic mass is 10.1. The van der Waals surface area contributed by atoms with Crippen LogP contribution in [0.1, 0.15) is 17.5 Å². The van der Waals surface area contributed by atoms with Crippen LogP contribution in [-0.4, -0.2) is 19.2 Å². The number of hydrogen-bond donors (Lipinski definition) is 1. The lowest BCUT2D eigenvalue weighted by Gasteiger charge is -2.08. The zero-order valence-electron chi connectivity index (χ0n) is 13.0. The van der Waals surface area contributed by atoms with Crippen molar-refractivity contribution in [3.8, 4) is 0 Å². The summed E-state index contributed by atoms with van der Waals surface area (Å²) in [6.45, 7) is 0.217. The topological polar surface area (TPSA) is 64.6 Å². The molecule has 1 N–H and O–H groups in total. The predicted molar refractivity (Wildman–Crippen MR) is 87.0 cm³/mol. The fourth-order valence-electron chi connectivity index (χ4n) is 2.03. The first-order chi connectivity index (χ1) is 11.2. The third kappa shape index (κ3) is 5.82. The van der Waals surface area contributed by atoms with E-state index in [1.165, 1.54) is 7.11 Å². The maximum Gasteiger partial charge on any atom is 0.411 e. The van der Waals surface area contributed by atoms with Crippen LogP contribution in [0.25, 0.3) is 0 Å². The van der Waals surface area contributed by atoms with Gasteiger partial charge in [0.1, 0.15) is 6.61 Å². The summed E-state index contributed by atoms with van der Waals surface area (Å²) in [4.78, 5) is 23.0. The van der Waals surface area contributed by atoms with Gasteiger partial charge < -0.3 is 9.47 Å². The fraction of sp³-hybridized carbons (Fsp3) is 0.222. The molecule has 0 aromatic heterocycles. The highest BCUT2D eigenvalue weighted by Crippen LogP contribution is 2.13. The molecule has 0 saturated carbocycles. The van der Waals surface area contributed by atoms with Gasteiger partial charge >= 0.3 is 12.1 Å². The number of nitrogens with one attached hydrogen (secondary N) is 1. The van der Waals surface area contributed by atoms with Gasteiger partial charge in [0, 0.05) is 12.1 Å². The minimum atomic E-state index is -0.515. The number of hydrogen-bond acceptors (Lipinski definition) is 4. The first-order valence-corrected chi connectivity index (χ1v) is 7.31. The second-order valence-electron chi connectivity index (χ2n) is 4.96. The molecule has 5 heteroatoms. The molecule has 2 rings (SSSR count). The summed E-state index contributed by atoms with van der Waals surface area (Å²) in [6.07, 6.45) is 0.346. The predicted octanol–water partition coefficient (Wildman–Crippen LogP) is 3.54. The van der Waals surface area contributed by atoms with Gasteiger partial charge in [0.2, 0.25) is 0 Å². The Morgan fingerprint density at radius 2 is 1.74 bits per heavy atom. The van der Waals surface area contributed by atoms with Crippen molar-refractivity contribution < 1.29 is 19.1 Å². The van der Waals surface area contributed by atoms with Gasteiger partial charge in [-0.15, -0.1) is 0 Å². The summed E-state index contributed by atoms with van der Waals surface area (Å²) in [5.74, 6) is -0.259. The van der Waals surface area contributed by atoms with E-state index < -0.39 is 6.09 Å². The number of esters is 1. The molecule has 0 bridgehead atoms. The smallest absolute Gasteiger partial charge is 0.411 e. The molecule has 0 spiro atoms. The van der Waals surface area contributed by atoms with Gasteiger partial charge in [-0.3, -0.25) is 10.1 Å². The minimum Gasteiger partial charge on any atom is -0.469 e. The highest BCUT2D eigenvalue weighted by atomic mass is 16.5. The summed E-state index contributed by atoms with van der Waals surface area (Å²) in [5.41, 5.74) is 2.50. The van der Waals surface area contributed by atoms with Crippen molar-refractivity contribution in [3.63, 3.8) is 0 Å². The van der Waals surface area contributed by atoms with Crippen molar-refractivity contribution >= 4 is 17.7 Å². The van der Waals surface area contributed by atoms with Crippen molar-refractivity contribution in [2.45, 2.75) is 19.4 Å². The molecule has 0 fully saturated rings. The van der Waals surface area contributed by atoms with Gasteiger partial charge in [0.05, 0.1) is 7.11 Å². The van der Waals surface area contributed by atoms with Crippen LogP contribution >= 0.6 is 0 Å². The van der Waals surface area contributed by atoms with Crippen LogP contribution in [0.3, 0.4) is 0 Å². The van der Waals surface area contributed by atoms with E-state index in [-0.39, 0.29) is 12.6 Å². The van der Waals surface area contributed by atoms with Gasteiger partial charge in [-0.1, -0.05) is 42.5 Å². The summed E-state index contributed by atoms with van der Waals surface area (Å²) in [6, 6.07) is 16.8. The Morgan fingerprint density at radius 1 is 1.00 bits per heavy atom. The number of anilines is 1. The average molecular weight is 313 g/mol. The quantitative estimate of drug-likeness (QED) is 0.828. The standard InChI is InChI=1S/C18H19NO4/c1-22-17(20)11-10-14-8-5-9-16(12-14)19-18(21)23-13-15-6-3-2-4-7-15/h2-9,12H,10-11,13H2,1H3,(H,19,21). The first kappa shape index (κ1) is 16.5. The van der Waals surface area contributed by atoms with Gasteiger partial charge in [0.15, 0.2) is 0 Å². The van der Waals surface area contributed by atoms with E-state index in [2.05, 4.69) is 10.1 Å². The molecular weight excluding hydrogens is 294 g/mol. The minimum absolute atomic E-state index is 0.217. The molecule has 5 nitrogen and oxygen atoms in total. The molecule has 1 amide bonds. The van der Waals surface area contributed by atoms with Crippen molar-refractivity contribution in [2.75, 3.05) is 12.4 Å². The Bertz CT molecular complexity index is 655. The molecule has 2 aromatic rings. The van der Waals surface area contributed by atoms with E-state index in [1.807, 2.05) is 48.5 Å². The average Bonchev–Trinajstić information content (AvgIpc) is 2.59. The summed E-state index contributed by atoms with van der Waals surface area (Å²) < 4.78 is 9.78. The second-order valence-corrected chi connectivity index (χ2v) is 4.96. The van der Waals surface area contributed by atoms with Crippen molar-refractivity contribution in [1.82, 2.24) is 0 Å². The van der Waals surface area contributed by atoms with Crippen LogP contribution in [0.5, 0.6) is 0 Å². The van der Waals surface area contributed by atoms with E-state index >= 15 is 0 Å². The van der Waals surface area contributed by atoms with E-state index in [0.717, 1.165) is 11.1 Å². The maximum atomic E-state index is 11.8. The van der Waals surface area contributed by atoms with Crippen LogP contribution in [0.15, 0.2) is 54.6 Å². The van der Waals surface area contributed by atoms with E-state index in [9.17, 15) is 9.59 Å². The van der Waals surface area contributed by atoms with E-state index in [4.69, 9.17) is 4.74 Å². The van der Waals surface area contributed by atoms with Crippen LogP contribution in [-0.2, 0) is 27.3 Å². The van der Waals surface area contributed by atoms with Crippen molar-refractivity contribution in [2.24, 2.45) is 0 Å². The number of rotatable bonds is 6. The second kappa shape index (κ2) is 8.58. The molecule has 2 aromatic carbocycles. The molecule has 0 aliphatic carbocycles. The summed E-state index contributed by atoms with van der Waals surface area (Å²) in [7, 11) is 1.36. The normalized spacial score (nSPS) is 9.96. The number of carbonyl (C=O) groups is 2. The lowest BCUT2D eigenvalue weighted by Crippen LogP contribution is -2.13. The number of aryl methyl sites for hydroxylation is 1. The Balaban J connectivity index is 1.84. The molecule has 23 heavy (non-hydrogen) atoms. The van der Waals surface area contributed by atoms with E-state index in [1.54, 1.807) is 6.07 Å². The lowest BCUT2D eigenvalue weighted by molar-refractivity contribution is -0.140. The number of carbonyl (C=O) groups excluding carboxylic acids is 2. The molecule has 0 radical (unpaired) electrons. The Hall–Kier alpha value is -2.82. The van der Waals surface area contributed by atoms with Crippen molar-refractivity contribution in [3.05, 3.63) is 65.7 Å². The first-order valence-electron chi connectivity index (χ1n) is 7.31. The maximum absolute atomic E-state index is 11.8. The van der Waals surface area contributed by atoms with Crippen molar-refractivity contribution in [1.29, 1.82) is 0 Å². The molecular formula is C18H19NO4.